The van der Waals surface area contributed by atoms with Crippen LogP contribution < -0.4 is 0 Å². The van der Waals surface area contributed by atoms with Crippen LogP contribution in [0.3, 0.4) is 0 Å². The van der Waals surface area contributed by atoms with E-state index in [0.29, 0.717) is 59.2 Å². The summed E-state index contributed by atoms with van der Waals surface area (Å²) in [5.41, 5.74) is 16.9. The average Bonchev–Trinajstić information content (AvgIpc) is 3.67. The van der Waals surface area contributed by atoms with Crippen LogP contribution in [-0.4, -0.2) is 0 Å². The van der Waals surface area contributed by atoms with Gasteiger partial charge in [0.2, 0.25) is 0 Å². The second-order valence-corrected chi connectivity index (χ2v) is 20.8. The van der Waals surface area contributed by atoms with Crippen molar-refractivity contribution in [2.24, 2.45) is 53.3 Å². The van der Waals surface area contributed by atoms with Crippen molar-refractivity contribution in [2.75, 3.05) is 0 Å². The minimum absolute atomic E-state index is 0.392. The molecular formula is C61H58S. The van der Waals surface area contributed by atoms with Crippen LogP contribution in [0.15, 0.2) is 192 Å². The van der Waals surface area contributed by atoms with Gasteiger partial charge in [0.05, 0.1) is 0 Å². The van der Waals surface area contributed by atoms with Crippen molar-refractivity contribution in [1.82, 2.24) is 0 Å². The molecule has 0 amide bonds. The summed E-state index contributed by atoms with van der Waals surface area (Å²) < 4.78 is 1.44. The highest BCUT2D eigenvalue weighted by Gasteiger charge is 2.46. The second-order valence-electron chi connectivity index (χ2n) is 19.7. The summed E-state index contributed by atoms with van der Waals surface area (Å²) in [4.78, 5) is 1.62. The summed E-state index contributed by atoms with van der Waals surface area (Å²) in [7, 11) is 0. The van der Waals surface area contributed by atoms with Crippen LogP contribution in [0.1, 0.15) is 85.4 Å². The van der Waals surface area contributed by atoms with E-state index in [0.717, 1.165) is 32.1 Å². The Bertz CT molecular complexity index is 2790. The maximum Gasteiger partial charge on any atom is 0.0352 e. The summed E-state index contributed by atoms with van der Waals surface area (Å²) >= 11 is 2.06. The monoisotopic (exact) mass is 822 g/mol. The molecule has 8 aliphatic rings. The molecule has 0 nitrogen and oxygen atoms in total. The van der Waals surface area contributed by atoms with Gasteiger partial charge in [0, 0.05) is 33.2 Å². The molecule has 4 aromatic rings. The van der Waals surface area contributed by atoms with E-state index in [4.69, 9.17) is 0 Å². The van der Waals surface area contributed by atoms with Gasteiger partial charge in [-0.2, -0.15) is 0 Å². The maximum atomic E-state index is 2.76. The molecular weight excluding hydrogens is 765 g/mol. The first kappa shape index (κ1) is 38.4. The molecule has 0 bridgehead atoms. The van der Waals surface area contributed by atoms with E-state index in [2.05, 4.69) is 195 Å². The molecule has 10 atom stereocenters. The standard InChI is InChI=1S/C61H58S/c1-38-48-30-28-42(35-57(48)50-21-10-9-20-44(50)37-56(38)47-33-45(40-16-5-3-6-17-40)32-46(34-47)41-18-7-4-8-19-41)43-29-31-49-39(2)60(53-24-12-11-22-51(53)58(49)36-43)55-26-15-25-54-52-23-13-14-27-59(52)62-61(54)55/h3-10,12-18,20-21,23-25,27,29-32,34-36,38-39,41-42,47,49,55-56,58,60H,11,19,22,26,28,33,37H2,1-2H3/t38?,39?,41?,42?,47?,49?,55?,56?,58?,60-/m0/s1. The van der Waals surface area contributed by atoms with Gasteiger partial charge in [0.25, 0.3) is 0 Å². The van der Waals surface area contributed by atoms with Crippen molar-refractivity contribution in [3.63, 3.8) is 0 Å². The largest absolute Gasteiger partial charge is 0.139 e. The third-order valence-corrected chi connectivity index (χ3v) is 17.8. The van der Waals surface area contributed by atoms with Crippen LogP contribution >= 0.6 is 11.3 Å². The highest BCUT2D eigenvalue weighted by atomic mass is 32.1. The van der Waals surface area contributed by atoms with Crippen molar-refractivity contribution in [1.29, 1.82) is 0 Å². The van der Waals surface area contributed by atoms with E-state index in [1.807, 2.05) is 0 Å². The molecule has 0 saturated heterocycles. The Morgan fingerprint density at radius 3 is 2.47 bits per heavy atom. The highest BCUT2D eigenvalue weighted by Crippen LogP contribution is 2.57. The molecule has 0 radical (unpaired) electrons. The lowest BCUT2D eigenvalue weighted by Gasteiger charge is -2.47. The molecule has 8 aliphatic carbocycles. The zero-order valence-corrected chi connectivity index (χ0v) is 37.1. The lowest BCUT2D eigenvalue weighted by atomic mass is 9.57. The van der Waals surface area contributed by atoms with E-state index >= 15 is 0 Å². The zero-order chi connectivity index (χ0) is 41.3. The van der Waals surface area contributed by atoms with Crippen molar-refractivity contribution >= 4 is 38.6 Å². The topological polar surface area (TPSA) is 0 Å². The van der Waals surface area contributed by atoms with Gasteiger partial charge in [-0.1, -0.05) is 183 Å². The fourth-order valence-electron chi connectivity index (χ4n) is 13.4. The molecule has 0 N–H and O–H groups in total. The van der Waals surface area contributed by atoms with Gasteiger partial charge < -0.3 is 0 Å². The molecule has 308 valence electrons. The van der Waals surface area contributed by atoms with E-state index in [9.17, 15) is 0 Å². The van der Waals surface area contributed by atoms with E-state index in [1.54, 1.807) is 21.6 Å². The number of benzene rings is 3. The van der Waals surface area contributed by atoms with Gasteiger partial charge in [0.1, 0.15) is 0 Å². The lowest BCUT2D eigenvalue weighted by Crippen LogP contribution is -2.38. The Hall–Kier alpha value is -5.24. The summed E-state index contributed by atoms with van der Waals surface area (Å²) in [6, 6.07) is 29.7. The molecule has 1 heterocycles. The SMILES string of the molecule is CC1C2=CCC(C3=CC4C5=C(C=CCC5)[C@@H](C5CC=Cc6c5sc5ccccc65)C(C)C4C=C3)C=C2c2ccccc2CC1C1C=C(C2C=CC=CC2)C=C(c2ccccc2)C1. The molecule has 0 aliphatic heterocycles. The van der Waals surface area contributed by atoms with Crippen LogP contribution in [-0.2, 0) is 6.42 Å². The number of hydrogen-bond acceptors (Lipinski definition) is 1. The van der Waals surface area contributed by atoms with E-state index in [1.165, 1.54) is 67.5 Å². The summed E-state index contributed by atoms with van der Waals surface area (Å²) in [5.74, 6) is 5.00. The molecule has 62 heavy (non-hydrogen) atoms. The molecule has 0 fully saturated rings. The molecule has 3 aromatic carbocycles. The smallest absolute Gasteiger partial charge is 0.0352 e. The summed E-state index contributed by atoms with van der Waals surface area (Å²) in [6.45, 7) is 5.15. The summed E-state index contributed by atoms with van der Waals surface area (Å²) in [5, 5.41) is 1.44. The molecule has 1 aromatic heterocycles. The molecule has 0 saturated carbocycles. The van der Waals surface area contributed by atoms with Crippen LogP contribution in [0, 0.1) is 53.3 Å². The molecule has 0 spiro atoms. The fourth-order valence-corrected chi connectivity index (χ4v) is 14.8. The van der Waals surface area contributed by atoms with Crippen LogP contribution in [0.2, 0.25) is 0 Å². The number of rotatable bonds is 5. The Morgan fingerprint density at radius 2 is 1.56 bits per heavy atom. The Balaban J connectivity index is 0.872. The second kappa shape index (κ2) is 15.8. The molecule has 1 heteroatoms. The Kier molecular flexibility index (Phi) is 9.82. The first-order valence-electron chi connectivity index (χ1n) is 23.9. The zero-order valence-electron chi connectivity index (χ0n) is 36.3. The third kappa shape index (κ3) is 6.52. The van der Waals surface area contributed by atoms with E-state index < -0.39 is 0 Å². The lowest BCUT2D eigenvalue weighted by molar-refractivity contribution is 0.224. The average molecular weight is 823 g/mol. The highest BCUT2D eigenvalue weighted by molar-refractivity contribution is 7.19. The van der Waals surface area contributed by atoms with Gasteiger partial charge in [-0.25, -0.2) is 0 Å². The number of allylic oxidation sites excluding steroid dienone is 21. The quantitative estimate of drug-likeness (QED) is 0.188. The van der Waals surface area contributed by atoms with Crippen LogP contribution in [0.25, 0.3) is 27.3 Å². The summed E-state index contributed by atoms with van der Waals surface area (Å²) in [6.07, 6.45) is 45.7. The van der Waals surface area contributed by atoms with Crippen molar-refractivity contribution < 1.29 is 0 Å². The third-order valence-electron chi connectivity index (χ3n) is 16.5. The van der Waals surface area contributed by atoms with Crippen molar-refractivity contribution in [3.8, 4) is 0 Å². The molecule has 9 unspecified atom stereocenters. The van der Waals surface area contributed by atoms with Crippen LogP contribution in [0.4, 0.5) is 0 Å². The number of hydrogen-bond donors (Lipinski definition) is 0. The predicted molar refractivity (Wildman–Crippen MR) is 264 cm³/mol. The minimum atomic E-state index is 0.392. The van der Waals surface area contributed by atoms with E-state index in [-0.39, 0.29) is 0 Å². The van der Waals surface area contributed by atoms with Gasteiger partial charge in [-0.3, -0.25) is 0 Å². The maximum absolute atomic E-state index is 2.76. The van der Waals surface area contributed by atoms with Gasteiger partial charge in [-0.05, 0) is 148 Å². The molecule has 12 rings (SSSR count). The minimum Gasteiger partial charge on any atom is -0.139 e. The van der Waals surface area contributed by atoms with Gasteiger partial charge in [0.15, 0.2) is 0 Å². The predicted octanol–water partition coefficient (Wildman–Crippen LogP) is 16.0. The number of fused-ring (bicyclic) bond motifs is 8. The fraction of sp³-hybridized carbons (Fsp3) is 0.311. The first-order chi connectivity index (χ1) is 30.6. The Labute approximate surface area is 373 Å². The van der Waals surface area contributed by atoms with Gasteiger partial charge >= 0.3 is 0 Å². The van der Waals surface area contributed by atoms with Crippen molar-refractivity contribution in [2.45, 2.75) is 64.7 Å². The van der Waals surface area contributed by atoms with Crippen molar-refractivity contribution in [3.05, 3.63) is 219 Å². The van der Waals surface area contributed by atoms with Crippen LogP contribution in [0.5, 0.6) is 0 Å². The first-order valence-corrected chi connectivity index (χ1v) is 24.7. The normalized spacial score (nSPS) is 32.0. The number of thiophene rings is 1. The van der Waals surface area contributed by atoms with Gasteiger partial charge in [-0.15, -0.1) is 11.3 Å². The Morgan fingerprint density at radius 1 is 0.694 bits per heavy atom.